The van der Waals surface area contributed by atoms with Gasteiger partial charge < -0.3 is 9.84 Å². The van der Waals surface area contributed by atoms with Crippen molar-refractivity contribution < 1.29 is 19.0 Å². The first-order chi connectivity index (χ1) is 10.5. The van der Waals surface area contributed by atoms with Gasteiger partial charge in [-0.25, -0.2) is 9.18 Å². The fraction of sp³-hybridized carbons (Fsp3) is 0.125. The number of ether oxygens (including phenoxy) is 1. The van der Waals surface area contributed by atoms with E-state index >= 15 is 0 Å². The molecule has 5 nitrogen and oxygen atoms in total. The highest BCUT2D eigenvalue weighted by Crippen LogP contribution is 2.17. The van der Waals surface area contributed by atoms with Crippen LogP contribution in [0.1, 0.15) is 22.8 Å². The standard InChI is InChI=1S/C16H15FN2O3/c1-10(14-8-7-13(22-2)9-15(14)17)18-19-12-5-3-11(4-6-12)16(20)21/h3-9,19H,1-2H3,(H,20,21)/b18-10+. The molecule has 0 bridgehead atoms. The Morgan fingerprint density at radius 3 is 2.45 bits per heavy atom. The molecule has 2 rings (SSSR count). The number of methoxy groups -OCH3 is 1. The molecule has 0 unspecified atom stereocenters. The Labute approximate surface area is 127 Å². The van der Waals surface area contributed by atoms with Crippen LogP contribution in [-0.2, 0) is 0 Å². The highest BCUT2D eigenvalue weighted by Gasteiger charge is 2.07. The van der Waals surface area contributed by atoms with E-state index in [0.29, 0.717) is 22.7 Å². The van der Waals surface area contributed by atoms with E-state index < -0.39 is 11.8 Å². The number of carboxylic acid groups (broad SMARTS) is 1. The van der Waals surface area contributed by atoms with Gasteiger partial charge in [-0.1, -0.05) is 0 Å². The van der Waals surface area contributed by atoms with E-state index in [9.17, 15) is 9.18 Å². The van der Waals surface area contributed by atoms with Gasteiger partial charge in [0.15, 0.2) is 0 Å². The van der Waals surface area contributed by atoms with Crippen molar-refractivity contribution in [3.05, 3.63) is 59.4 Å². The maximum atomic E-state index is 13.9. The summed E-state index contributed by atoms with van der Waals surface area (Å²) in [6.45, 7) is 1.67. The molecule has 2 N–H and O–H groups in total. The second-order valence-corrected chi connectivity index (χ2v) is 4.54. The summed E-state index contributed by atoms with van der Waals surface area (Å²) in [5.74, 6) is -0.985. The van der Waals surface area contributed by atoms with Gasteiger partial charge in [0.05, 0.1) is 24.1 Å². The molecule has 0 spiro atoms. The summed E-state index contributed by atoms with van der Waals surface area (Å²) >= 11 is 0. The highest BCUT2D eigenvalue weighted by atomic mass is 19.1. The van der Waals surface area contributed by atoms with Gasteiger partial charge in [-0.2, -0.15) is 5.10 Å². The smallest absolute Gasteiger partial charge is 0.335 e. The number of rotatable bonds is 5. The Morgan fingerprint density at radius 2 is 1.91 bits per heavy atom. The van der Waals surface area contributed by atoms with Crippen molar-refractivity contribution in [1.29, 1.82) is 0 Å². The van der Waals surface area contributed by atoms with Crippen LogP contribution in [-0.4, -0.2) is 23.9 Å². The predicted molar refractivity (Wildman–Crippen MR) is 82.2 cm³/mol. The average Bonchev–Trinajstić information content (AvgIpc) is 2.52. The first-order valence-corrected chi connectivity index (χ1v) is 6.49. The lowest BCUT2D eigenvalue weighted by Crippen LogP contribution is -2.03. The molecule has 0 aromatic heterocycles. The van der Waals surface area contributed by atoms with Crippen LogP contribution in [0.15, 0.2) is 47.6 Å². The Kier molecular flexibility index (Phi) is 4.73. The Morgan fingerprint density at radius 1 is 1.23 bits per heavy atom. The van der Waals surface area contributed by atoms with E-state index in [1.165, 1.54) is 25.3 Å². The van der Waals surface area contributed by atoms with Crippen LogP contribution in [0.25, 0.3) is 0 Å². The van der Waals surface area contributed by atoms with E-state index in [2.05, 4.69) is 10.5 Å². The Bertz CT molecular complexity index is 712. The zero-order valence-electron chi connectivity index (χ0n) is 12.1. The molecule has 6 heteroatoms. The summed E-state index contributed by atoms with van der Waals surface area (Å²) in [5.41, 5.74) is 4.38. The average molecular weight is 302 g/mol. The maximum absolute atomic E-state index is 13.9. The third kappa shape index (κ3) is 3.60. The molecular weight excluding hydrogens is 287 g/mol. The summed E-state index contributed by atoms with van der Waals surface area (Å²) in [4.78, 5) is 10.8. The topological polar surface area (TPSA) is 70.9 Å². The highest BCUT2D eigenvalue weighted by molar-refractivity contribution is 5.99. The number of hydrazone groups is 1. The number of aromatic carboxylic acids is 1. The fourth-order valence-electron chi connectivity index (χ4n) is 1.81. The van der Waals surface area contributed by atoms with Crippen LogP contribution in [0.3, 0.4) is 0 Å². The quantitative estimate of drug-likeness (QED) is 0.656. The third-order valence-electron chi connectivity index (χ3n) is 3.05. The number of nitrogens with zero attached hydrogens (tertiary/aromatic N) is 1. The lowest BCUT2D eigenvalue weighted by atomic mass is 10.1. The number of nitrogens with one attached hydrogen (secondary N) is 1. The third-order valence-corrected chi connectivity index (χ3v) is 3.05. The second kappa shape index (κ2) is 6.71. The minimum atomic E-state index is -0.994. The molecule has 0 saturated heterocycles. The molecule has 0 atom stereocenters. The summed E-state index contributed by atoms with van der Waals surface area (Å²) in [7, 11) is 1.47. The van der Waals surface area contributed by atoms with Gasteiger partial charge in [0, 0.05) is 11.6 Å². The first kappa shape index (κ1) is 15.5. The Balaban J connectivity index is 2.14. The van der Waals surface area contributed by atoms with Gasteiger partial charge in [-0.05, 0) is 43.3 Å². The van der Waals surface area contributed by atoms with Crippen molar-refractivity contribution in [3.8, 4) is 5.75 Å². The van der Waals surface area contributed by atoms with Crippen molar-refractivity contribution in [2.24, 2.45) is 5.10 Å². The van der Waals surface area contributed by atoms with E-state index in [0.717, 1.165) is 0 Å². The van der Waals surface area contributed by atoms with Gasteiger partial charge in [-0.15, -0.1) is 0 Å². The molecule has 2 aromatic rings. The second-order valence-electron chi connectivity index (χ2n) is 4.54. The molecule has 0 radical (unpaired) electrons. The number of carbonyl (C=O) groups is 1. The van der Waals surface area contributed by atoms with Crippen molar-refractivity contribution in [2.75, 3.05) is 12.5 Å². The van der Waals surface area contributed by atoms with Gasteiger partial charge >= 0.3 is 5.97 Å². The first-order valence-electron chi connectivity index (χ1n) is 6.49. The summed E-state index contributed by atoms with van der Waals surface area (Å²) in [6, 6.07) is 10.6. The zero-order valence-corrected chi connectivity index (χ0v) is 12.1. The lowest BCUT2D eigenvalue weighted by Gasteiger charge is -2.06. The van der Waals surface area contributed by atoms with Crippen LogP contribution in [0.5, 0.6) is 5.75 Å². The molecule has 0 aliphatic carbocycles. The van der Waals surface area contributed by atoms with Crippen molar-refractivity contribution in [1.82, 2.24) is 0 Å². The number of carboxylic acids is 1. The van der Waals surface area contributed by atoms with Gasteiger partial charge in [0.2, 0.25) is 0 Å². The normalized spacial score (nSPS) is 11.1. The van der Waals surface area contributed by atoms with E-state index in [4.69, 9.17) is 9.84 Å². The van der Waals surface area contributed by atoms with E-state index in [1.54, 1.807) is 31.2 Å². The molecule has 0 aliphatic heterocycles. The molecule has 2 aromatic carbocycles. The number of anilines is 1. The van der Waals surface area contributed by atoms with E-state index in [1.807, 2.05) is 0 Å². The van der Waals surface area contributed by atoms with E-state index in [-0.39, 0.29) is 5.56 Å². The SMILES string of the molecule is COc1ccc(/C(C)=N/Nc2ccc(C(=O)O)cc2)c(F)c1. The maximum Gasteiger partial charge on any atom is 0.335 e. The van der Waals surface area contributed by atoms with Crippen LogP contribution < -0.4 is 10.2 Å². The molecule has 0 saturated carbocycles. The van der Waals surface area contributed by atoms with Crippen molar-refractivity contribution >= 4 is 17.4 Å². The largest absolute Gasteiger partial charge is 0.497 e. The molecule has 0 fully saturated rings. The molecule has 0 amide bonds. The van der Waals surface area contributed by atoms with Crippen LogP contribution in [0, 0.1) is 5.82 Å². The monoisotopic (exact) mass is 302 g/mol. The van der Waals surface area contributed by atoms with Crippen LogP contribution in [0.2, 0.25) is 0 Å². The molecule has 0 aliphatic rings. The minimum absolute atomic E-state index is 0.187. The minimum Gasteiger partial charge on any atom is -0.497 e. The molecule has 0 heterocycles. The lowest BCUT2D eigenvalue weighted by molar-refractivity contribution is 0.0697. The summed E-state index contributed by atoms with van der Waals surface area (Å²) in [6.07, 6.45) is 0. The number of hydrogen-bond donors (Lipinski definition) is 2. The number of halogens is 1. The van der Waals surface area contributed by atoms with Crippen molar-refractivity contribution in [3.63, 3.8) is 0 Å². The van der Waals surface area contributed by atoms with Gasteiger partial charge in [-0.3, -0.25) is 5.43 Å². The Hall–Kier alpha value is -2.89. The number of hydrogen-bond acceptors (Lipinski definition) is 4. The zero-order chi connectivity index (χ0) is 16.1. The summed E-state index contributed by atoms with van der Waals surface area (Å²) < 4.78 is 18.8. The summed E-state index contributed by atoms with van der Waals surface area (Å²) in [5, 5.41) is 12.9. The number of benzene rings is 2. The fourth-order valence-corrected chi connectivity index (χ4v) is 1.81. The molecular formula is C16H15FN2O3. The predicted octanol–water partition coefficient (Wildman–Crippen LogP) is 3.37. The van der Waals surface area contributed by atoms with Crippen molar-refractivity contribution in [2.45, 2.75) is 6.92 Å². The van der Waals surface area contributed by atoms with Gasteiger partial charge in [0.1, 0.15) is 11.6 Å². The van der Waals surface area contributed by atoms with Crippen LogP contribution >= 0.6 is 0 Å². The molecule has 22 heavy (non-hydrogen) atoms. The van der Waals surface area contributed by atoms with Crippen LogP contribution in [0.4, 0.5) is 10.1 Å². The van der Waals surface area contributed by atoms with Gasteiger partial charge in [0.25, 0.3) is 0 Å². The molecule has 114 valence electrons.